The summed E-state index contributed by atoms with van der Waals surface area (Å²) in [6.07, 6.45) is 1.47. The Bertz CT molecular complexity index is 761. The van der Waals surface area contributed by atoms with Crippen LogP contribution in [-0.2, 0) is 11.3 Å². The highest BCUT2D eigenvalue weighted by molar-refractivity contribution is 5.79. The molecule has 122 valence electrons. The van der Waals surface area contributed by atoms with Crippen LogP contribution in [-0.4, -0.2) is 57.5 Å². The molecule has 1 fully saturated rings. The van der Waals surface area contributed by atoms with E-state index < -0.39 is 0 Å². The number of piperazine rings is 1. The number of carbonyl (C=O) groups excluding carboxylic acids is 1. The largest absolute Gasteiger partial charge is 0.339 e. The maximum atomic E-state index is 12.5. The monoisotopic (exact) mass is 314 g/mol. The molecule has 0 atom stereocenters. The number of benzene rings is 1. The molecular weight excluding hydrogens is 292 g/mol. The Morgan fingerprint density at radius 1 is 1.17 bits per heavy atom. The van der Waals surface area contributed by atoms with E-state index in [1.54, 1.807) is 12.1 Å². The van der Waals surface area contributed by atoms with Gasteiger partial charge >= 0.3 is 0 Å². The highest BCUT2D eigenvalue weighted by atomic mass is 16.2. The molecule has 0 aliphatic carbocycles. The van der Waals surface area contributed by atoms with Crippen LogP contribution in [0.3, 0.4) is 0 Å². The summed E-state index contributed by atoms with van der Waals surface area (Å²) in [6, 6.07) is 7.70. The number of fused-ring (bicyclic) bond motifs is 1. The lowest BCUT2D eigenvalue weighted by atomic mass is 10.2. The molecule has 2 aromatic rings. The first-order valence-corrected chi connectivity index (χ1v) is 8.02. The third-order valence-electron chi connectivity index (χ3n) is 4.43. The molecule has 0 unspecified atom stereocenters. The SMILES string of the molecule is CC(C)N1CCN(C(=O)Cn2cnc3ccccc3c2=O)CC1. The first-order chi connectivity index (χ1) is 11.1. The van der Waals surface area contributed by atoms with Gasteiger partial charge in [0.15, 0.2) is 0 Å². The van der Waals surface area contributed by atoms with Gasteiger partial charge in [0.2, 0.25) is 5.91 Å². The Hall–Kier alpha value is -2.21. The van der Waals surface area contributed by atoms with Gasteiger partial charge in [-0.1, -0.05) is 12.1 Å². The molecule has 1 aromatic heterocycles. The summed E-state index contributed by atoms with van der Waals surface area (Å²) in [7, 11) is 0. The van der Waals surface area contributed by atoms with Crippen molar-refractivity contribution in [1.29, 1.82) is 0 Å². The first kappa shape index (κ1) is 15.7. The molecule has 1 aliphatic rings. The lowest BCUT2D eigenvalue weighted by Crippen LogP contribution is -2.51. The Morgan fingerprint density at radius 3 is 2.57 bits per heavy atom. The van der Waals surface area contributed by atoms with Crippen LogP contribution >= 0.6 is 0 Å². The van der Waals surface area contributed by atoms with E-state index in [0.29, 0.717) is 30.0 Å². The predicted molar refractivity (Wildman–Crippen MR) is 89.3 cm³/mol. The molecule has 6 nitrogen and oxygen atoms in total. The number of para-hydroxylation sites is 1. The molecule has 1 aliphatic heterocycles. The normalized spacial score (nSPS) is 16.2. The van der Waals surface area contributed by atoms with Crippen LogP contribution in [0.15, 0.2) is 35.4 Å². The molecular formula is C17H22N4O2. The predicted octanol–water partition coefficient (Wildman–Crippen LogP) is 0.949. The maximum Gasteiger partial charge on any atom is 0.261 e. The van der Waals surface area contributed by atoms with Gasteiger partial charge in [0.1, 0.15) is 6.54 Å². The van der Waals surface area contributed by atoms with Crippen LogP contribution in [0.1, 0.15) is 13.8 Å². The van der Waals surface area contributed by atoms with Crippen LogP contribution in [0.2, 0.25) is 0 Å². The summed E-state index contributed by atoms with van der Waals surface area (Å²) in [5.41, 5.74) is 0.497. The van der Waals surface area contributed by atoms with Crippen molar-refractivity contribution in [2.45, 2.75) is 26.4 Å². The highest BCUT2D eigenvalue weighted by Crippen LogP contribution is 2.08. The molecule has 0 saturated carbocycles. The molecule has 1 aromatic carbocycles. The standard InChI is InChI=1S/C17H22N4O2/c1-13(2)19-7-9-20(10-8-19)16(22)11-21-12-18-15-6-4-3-5-14(15)17(21)23/h3-6,12-13H,7-11H2,1-2H3. The zero-order chi connectivity index (χ0) is 16.4. The number of rotatable bonds is 3. The van der Waals surface area contributed by atoms with Gasteiger partial charge in [-0.15, -0.1) is 0 Å². The number of hydrogen-bond acceptors (Lipinski definition) is 4. The number of amides is 1. The highest BCUT2D eigenvalue weighted by Gasteiger charge is 2.22. The quantitative estimate of drug-likeness (QED) is 0.846. The molecule has 0 bridgehead atoms. The van der Waals surface area contributed by atoms with Gasteiger partial charge < -0.3 is 4.90 Å². The van der Waals surface area contributed by atoms with Crippen LogP contribution < -0.4 is 5.56 Å². The van der Waals surface area contributed by atoms with Crippen molar-refractivity contribution in [2.75, 3.05) is 26.2 Å². The number of hydrogen-bond donors (Lipinski definition) is 0. The topological polar surface area (TPSA) is 58.4 Å². The summed E-state index contributed by atoms with van der Waals surface area (Å²) in [5, 5.41) is 0.549. The molecule has 0 spiro atoms. The van der Waals surface area contributed by atoms with Crippen LogP contribution in [0, 0.1) is 0 Å². The van der Waals surface area contributed by atoms with E-state index in [4.69, 9.17) is 0 Å². The van der Waals surface area contributed by atoms with E-state index in [2.05, 4.69) is 23.7 Å². The molecule has 3 rings (SSSR count). The molecule has 1 amide bonds. The van der Waals surface area contributed by atoms with Gasteiger partial charge in [-0.05, 0) is 26.0 Å². The molecule has 0 N–H and O–H groups in total. The average molecular weight is 314 g/mol. The van der Waals surface area contributed by atoms with E-state index in [-0.39, 0.29) is 18.0 Å². The summed E-state index contributed by atoms with van der Waals surface area (Å²) < 4.78 is 1.40. The van der Waals surface area contributed by atoms with E-state index in [1.807, 2.05) is 17.0 Å². The lowest BCUT2D eigenvalue weighted by molar-refractivity contribution is -0.133. The Labute approximate surface area is 135 Å². The zero-order valence-corrected chi connectivity index (χ0v) is 13.6. The van der Waals surface area contributed by atoms with Crippen molar-refractivity contribution in [3.05, 3.63) is 40.9 Å². The molecule has 23 heavy (non-hydrogen) atoms. The Kier molecular flexibility index (Phi) is 4.43. The Balaban J connectivity index is 1.71. The maximum absolute atomic E-state index is 12.5. The van der Waals surface area contributed by atoms with Crippen LogP contribution in [0.4, 0.5) is 0 Å². The third kappa shape index (κ3) is 3.27. The number of nitrogens with zero attached hydrogens (tertiary/aromatic N) is 4. The second kappa shape index (κ2) is 6.50. The lowest BCUT2D eigenvalue weighted by Gasteiger charge is -2.37. The van der Waals surface area contributed by atoms with Crippen LogP contribution in [0.25, 0.3) is 10.9 Å². The molecule has 0 radical (unpaired) electrons. The van der Waals surface area contributed by atoms with E-state index >= 15 is 0 Å². The third-order valence-corrected chi connectivity index (χ3v) is 4.43. The van der Waals surface area contributed by atoms with Crippen molar-refractivity contribution in [2.24, 2.45) is 0 Å². The second-order valence-corrected chi connectivity index (χ2v) is 6.21. The van der Waals surface area contributed by atoms with Gasteiger partial charge in [0.25, 0.3) is 5.56 Å². The minimum Gasteiger partial charge on any atom is -0.339 e. The van der Waals surface area contributed by atoms with Gasteiger partial charge in [-0.3, -0.25) is 19.1 Å². The van der Waals surface area contributed by atoms with Crippen molar-refractivity contribution < 1.29 is 4.79 Å². The second-order valence-electron chi connectivity index (χ2n) is 6.21. The number of aromatic nitrogens is 2. The fourth-order valence-corrected chi connectivity index (χ4v) is 2.95. The van der Waals surface area contributed by atoms with Gasteiger partial charge in [-0.2, -0.15) is 0 Å². The smallest absolute Gasteiger partial charge is 0.261 e. The first-order valence-electron chi connectivity index (χ1n) is 8.02. The van der Waals surface area contributed by atoms with Crippen LogP contribution in [0.5, 0.6) is 0 Å². The van der Waals surface area contributed by atoms with Gasteiger partial charge in [0, 0.05) is 32.2 Å². The van der Waals surface area contributed by atoms with Crippen molar-refractivity contribution in [3.63, 3.8) is 0 Å². The fraction of sp³-hybridized carbons (Fsp3) is 0.471. The molecule has 6 heteroatoms. The summed E-state index contributed by atoms with van der Waals surface area (Å²) in [5.74, 6) is -0.0208. The minimum absolute atomic E-state index is 0.0208. The van der Waals surface area contributed by atoms with Crippen molar-refractivity contribution in [1.82, 2.24) is 19.4 Å². The van der Waals surface area contributed by atoms with Crippen molar-refractivity contribution >= 4 is 16.8 Å². The van der Waals surface area contributed by atoms with E-state index in [0.717, 1.165) is 13.1 Å². The molecule has 2 heterocycles. The number of carbonyl (C=O) groups is 1. The summed E-state index contributed by atoms with van der Waals surface area (Å²) >= 11 is 0. The van der Waals surface area contributed by atoms with E-state index in [9.17, 15) is 9.59 Å². The zero-order valence-electron chi connectivity index (χ0n) is 13.6. The van der Waals surface area contributed by atoms with Gasteiger partial charge in [0.05, 0.1) is 17.2 Å². The summed E-state index contributed by atoms with van der Waals surface area (Å²) in [6.45, 7) is 7.58. The summed E-state index contributed by atoms with van der Waals surface area (Å²) in [4.78, 5) is 33.3. The fourth-order valence-electron chi connectivity index (χ4n) is 2.95. The van der Waals surface area contributed by atoms with Crippen molar-refractivity contribution in [3.8, 4) is 0 Å². The molecule has 1 saturated heterocycles. The van der Waals surface area contributed by atoms with E-state index in [1.165, 1.54) is 10.9 Å². The minimum atomic E-state index is -0.162. The Morgan fingerprint density at radius 2 is 1.87 bits per heavy atom. The van der Waals surface area contributed by atoms with Gasteiger partial charge in [-0.25, -0.2) is 4.98 Å². The average Bonchev–Trinajstić information content (AvgIpc) is 2.57.